The van der Waals surface area contributed by atoms with Gasteiger partial charge in [-0.3, -0.25) is 0 Å². The van der Waals surface area contributed by atoms with Crippen LogP contribution in [0.2, 0.25) is 0 Å². The van der Waals surface area contributed by atoms with Crippen molar-refractivity contribution in [3.8, 4) is 0 Å². The van der Waals surface area contributed by atoms with Gasteiger partial charge in [0.25, 0.3) is 0 Å². The molecule has 1 aromatic heterocycles. The standard InChI is InChI=1S/C12H18N2OS/c1-3-13-12(10-6-4-5-7-15-10)11-8-14-9(2)16-11/h6,8,12-13H,3-5,7H2,1-2H3. The molecule has 3 nitrogen and oxygen atoms in total. The molecule has 1 aliphatic heterocycles. The number of nitrogens with one attached hydrogen (secondary N) is 1. The number of aryl methyl sites for hydroxylation is 1. The summed E-state index contributed by atoms with van der Waals surface area (Å²) in [5.41, 5.74) is 0. The maximum atomic E-state index is 5.73. The Kier molecular flexibility index (Phi) is 3.96. The van der Waals surface area contributed by atoms with E-state index in [1.807, 2.05) is 13.1 Å². The molecule has 0 amide bonds. The Morgan fingerprint density at radius 3 is 3.06 bits per heavy atom. The normalized spacial score (nSPS) is 17.8. The zero-order valence-corrected chi connectivity index (χ0v) is 10.6. The Morgan fingerprint density at radius 2 is 2.50 bits per heavy atom. The van der Waals surface area contributed by atoms with Gasteiger partial charge in [0, 0.05) is 11.1 Å². The van der Waals surface area contributed by atoms with Crippen molar-refractivity contribution < 1.29 is 4.74 Å². The molecule has 1 aliphatic rings. The van der Waals surface area contributed by atoms with E-state index in [9.17, 15) is 0 Å². The van der Waals surface area contributed by atoms with Crippen LogP contribution in [-0.4, -0.2) is 18.1 Å². The smallest absolute Gasteiger partial charge is 0.114 e. The molecular formula is C12H18N2OS. The highest BCUT2D eigenvalue weighted by Gasteiger charge is 2.20. The number of allylic oxidation sites excluding steroid dienone is 1. The van der Waals surface area contributed by atoms with Gasteiger partial charge in [-0.15, -0.1) is 11.3 Å². The Hall–Kier alpha value is -0.870. The molecule has 0 spiro atoms. The van der Waals surface area contributed by atoms with Crippen LogP contribution in [0.4, 0.5) is 0 Å². The Morgan fingerprint density at radius 1 is 1.62 bits per heavy atom. The first kappa shape index (κ1) is 11.6. The fourth-order valence-electron chi connectivity index (χ4n) is 1.83. The van der Waals surface area contributed by atoms with Gasteiger partial charge in [-0.05, 0) is 32.4 Å². The monoisotopic (exact) mass is 238 g/mol. The predicted molar refractivity (Wildman–Crippen MR) is 66.5 cm³/mol. The van der Waals surface area contributed by atoms with Crippen molar-refractivity contribution in [1.29, 1.82) is 0 Å². The second-order valence-corrected chi connectivity index (χ2v) is 5.14. The molecule has 1 unspecified atom stereocenters. The number of nitrogens with zero attached hydrogens (tertiary/aromatic N) is 1. The summed E-state index contributed by atoms with van der Waals surface area (Å²) in [6.45, 7) is 5.92. The zero-order valence-electron chi connectivity index (χ0n) is 9.82. The third-order valence-electron chi connectivity index (χ3n) is 2.58. The van der Waals surface area contributed by atoms with Crippen LogP contribution < -0.4 is 5.32 Å². The van der Waals surface area contributed by atoms with E-state index in [2.05, 4.69) is 23.3 Å². The molecule has 16 heavy (non-hydrogen) atoms. The molecule has 0 bridgehead atoms. The molecule has 2 heterocycles. The molecule has 0 saturated carbocycles. The summed E-state index contributed by atoms with van der Waals surface area (Å²) in [4.78, 5) is 5.55. The minimum atomic E-state index is 0.191. The van der Waals surface area contributed by atoms with Crippen molar-refractivity contribution in [2.75, 3.05) is 13.2 Å². The molecule has 4 heteroatoms. The van der Waals surface area contributed by atoms with Gasteiger partial charge in [-0.25, -0.2) is 4.98 Å². The van der Waals surface area contributed by atoms with Gasteiger partial charge >= 0.3 is 0 Å². The van der Waals surface area contributed by atoms with Gasteiger partial charge in [-0.1, -0.05) is 6.92 Å². The van der Waals surface area contributed by atoms with Gasteiger partial charge in [0.2, 0.25) is 0 Å². The number of rotatable bonds is 4. The second kappa shape index (κ2) is 5.46. The molecule has 2 rings (SSSR count). The topological polar surface area (TPSA) is 34.1 Å². The highest BCUT2D eigenvalue weighted by molar-refractivity contribution is 7.11. The molecular weight excluding hydrogens is 220 g/mol. The van der Waals surface area contributed by atoms with Crippen molar-refractivity contribution in [1.82, 2.24) is 10.3 Å². The van der Waals surface area contributed by atoms with Crippen molar-refractivity contribution in [3.05, 3.63) is 27.9 Å². The number of hydrogen-bond acceptors (Lipinski definition) is 4. The number of likely N-dealkylation sites (N-methyl/N-ethyl adjacent to an activating group) is 1. The second-order valence-electron chi connectivity index (χ2n) is 3.87. The first-order chi connectivity index (χ1) is 7.81. The molecule has 1 N–H and O–H groups in total. The van der Waals surface area contributed by atoms with Crippen LogP contribution in [0, 0.1) is 6.92 Å². The highest BCUT2D eigenvalue weighted by atomic mass is 32.1. The number of aromatic nitrogens is 1. The maximum absolute atomic E-state index is 5.73. The third kappa shape index (κ3) is 2.62. The summed E-state index contributed by atoms with van der Waals surface area (Å²) in [5, 5.41) is 4.56. The van der Waals surface area contributed by atoms with Crippen molar-refractivity contribution in [2.24, 2.45) is 0 Å². The van der Waals surface area contributed by atoms with Crippen molar-refractivity contribution in [2.45, 2.75) is 32.7 Å². The van der Waals surface area contributed by atoms with E-state index in [-0.39, 0.29) is 6.04 Å². The summed E-state index contributed by atoms with van der Waals surface area (Å²) in [5.74, 6) is 1.07. The fourth-order valence-corrected chi connectivity index (χ4v) is 2.70. The van der Waals surface area contributed by atoms with Crippen LogP contribution >= 0.6 is 11.3 Å². The third-order valence-corrected chi connectivity index (χ3v) is 3.56. The van der Waals surface area contributed by atoms with Gasteiger partial charge in [-0.2, -0.15) is 0 Å². The van der Waals surface area contributed by atoms with Crippen LogP contribution in [0.1, 0.15) is 35.7 Å². The lowest BCUT2D eigenvalue weighted by atomic mass is 10.1. The van der Waals surface area contributed by atoms with E-state index >= 15 is 0 Å². The van der Waals surface area contributed by atoms with Crippen molar-refractivity contribution >= 4 is 11.3 Å². The molecule has 1 aromatic rings. The van der Waals surface area contributed by atoms with Crippen LogP contribution in [0.25, 0.3) is 0 Å². The predicted octanol–water partition coefficient (Wildman–Crippen LogP) is 2.80. The highest BCUT2D eigenvalue weighted by Crippen LogP contribution is 2.29. The lowest BCUT2D eigenvalue weighted by Gasteiger charge is -2.23. The molecule has 0 radical (unpaired) electrons. The Bertz CT molecular complexity index is 373. The number of hydrogen-bond donors (Lipinski definition) is 1. The first-order valence-corrected chi connectivity index (χ1v) is 6.61. The van der Waals surface area contributed by atoms with E-state index in [1.165, 1.54) is 4.88 Å². The van der Waals surface area contributed by atoms with Gasteiger partial charge < -0.3 is 10.1 Å². The zero-order chi connectivity index (χ0) is 11.4. The molecule has 0 aromatic carbocycles. The summed E-state index contributed by atoms with van der Waals surface area (Å²) in [7, 11) is 0. The van der Waals surface area contributed by atoms with E-state index in [1.54, 1.807) is 11.3 Å². The SMILES string of the molecule is CCNC(C1=CCCCO1)c1cnc(C)s1. The first-order valence-electron chi connectivity index (χ1n) is 5.80. The Balaban J connectivity index is 2.19. The molecule has 1 atom stereocenters. The average molecular weight is 238 g/mol. The summed E-state index contributed by atoms with van der Waals surface area (Å²) in [6.07, 6.45) is 6.40. The minimum Gasteiger partial charge on any atom is -0.496 e. The Labute approximate surface area is 101 Å². The van der Waals surface area contributed by atoms with Crippen LogP contribution in [0.5, 0.6) is 0 Å². The average Bonchev–Trinajstić information content (AvgIpc) is 2.74. The van der Waals surface area contributed by atoms with E-state index in [4.69, 9.17) is 4.74 Å². The molecule has 0 aliphatic carbocycles. The minimum absolute atomic E-state index is 0.191. The van der Waals surface area contributed by atoms with E-state index in [0.717, 1.165) is 36.8 Å². The lowest BCUT2D eigenvalue weighted by molar-refractivity contribution is 0.169. The summed E-state index contributed by atoms with van der Waals surface area (Å²) >= 11 is 1.73. The van der Waals surface area contributed by atoms with E-state index < -0.39 is 0 Å². The van der Waals surface area contributed by atoms with E-state index in [0.29, 0.717) is 0 Å². The molecule has 0 fully saturated rings. The number of ether oxygens (including phenoxy) is 1. The summed E-state index contributed by atoms with van der Waals surface area (Å²) in [6, 6.07) is 0.191. The van der Waals surface area contributed by atoms with Gasteiger partial charge in [0.05, 0.1) is 11.6 Å². The lowest BCUT2D eigenvalue weighted by Crippen LogP contribution is -2.24. The van der Waals surface area contributed by atoms with Crippen LogP contribution in [0.15, 0.2) is 18.0 Å². The largest absolute Gasteiger partial charge is 0.496 e. The number of thiazole rings is 1. The van der Waals surface area contributed by atoms with Crippen LogP contribution in [0.3, 0.4) is 0 Å². The van der Waals surface area contributed by atoms with Gasteiger partial charge in [0.15, 0.2) is 0 Å². The molecule has 0 saturated heterocycles. The van der Waals surface area contributed by atoms with Crippen molar-refractivity contribution in [3.63, 3.8) is 0 Å². The van der Waals surface area contributed by atoms with Crippen LogP contribution in [-0.2, 0) is 4.74 Å². The quantitative estimate of drug-likeness (QED) is 0.876. The molecule has 88 valence electrons. The fraction of sp³-hybridized carbons (Fsp3) is 0.583. The maximum Gasteiger partial charge on any atom is 0.114 e. The van der Waals surface area contributed by atoms with Gasteiger partial charge in [0.1, 0.15) is 11.8 Å². The summed E-state index contributed by atoms with van der Waals surface area (Å²) < 4.78 is 5.73.